The van der Waals surface area contributed by atoms with Gasteiger partial charge >= 0.3 is 0 Å². The van der Waals surface area contributed by atoms with Crippen LogP contribution in [0.15, 0.2) is 30.3 Å². The number of aliphatic hydroxyl groups is 1. The highest BCUT2D eigenvalue weighted by Gasteiger charge is 2.31. The van der Waals surface area contributed by atoms with Crippen molar-refractivity contribution in [2.24, 2.45) is 0 Å². The van der Waals surface area contributed by atoms with Crippen LogP contribution in [0.25, 0.3) is 10.9 Å². The van der Waals surface area contributed by atoms with Crippen LogP contribution in [0.2, 0.25) is 0 Å². The summed E-state index contributed by atoms with van der Waals surface area (Å²) in [4.78, 5) is 15.0. The zero-order valence-electron chi connectivity index (χ0n) is 13.3. The molecule has 4 nitrogen and oxygen atoms in total. The highest BCUT2D eigenvalue weighted by atomic mass is 16.3. The number of aliphatic hydroxyl groups excluding tert-OH is 1. The first kappa shape index (κ1) is 15.1. The Bertz CT molecular complexity index is 675. The minimum atomic E-state index is -0.365. The topological polar surface area (TPSA) is 45.5 Å². The maximum Gasteiger partial charge on any atom is 0.270 e. The van der Waals surface area contributed by atoms with E-state index in [4.69, 9.17) is 0 Å². The third kappa shape index (κ3) is 2.63. The fraction of sp³-hybridized carbons (Fsp3) is 0.500. The normalized spacial score (nSPS) is 19.8. The van der Waals surface area contributed by atoms with Gasteiger partial charge < -0.3 is 14.6 Å². The SMILES string of the molecule is CCn1c(C(=O)N2CCCC2CC(C)O)cc2ccccc21. The molecule has 0 spiro atoms. The maximum atomic E-state index is 13.0. The molecular formula is C18H24N2O2. The Morgan fingerprint density at radius 2 is 2.18 bits per heavy atom. The van der Waals surface area contributed by atoms with Crippen LogP contribution < -0.4 is 0 Å². The van der Waals surface area contributed by atoms with E-state index < -0.39 is 0 Å². The molecule has 0 radical (unpaired) electrons. The third-order valence-electron chi connectivity index (χ3n) is 4.60. The highest BCUT2D eigenvalue weighted by molar-refractivity contribution is 5.99. The van der Waals surface area contributed by atoms with E-state index in [9.17, 15) is 9.90 Å². The second-order valence-electron chi connectivity index (χ2n) is 6.21. The van der Waals surface area contributed by atoms with Crippen LogP contribution in [0, 0.1) is 0 Å². The standard InChI is InChI=1S/C18H24N2O2/c1-3-19-16-9-5-4-7-14(16)12-17(19)18(22)20-10-6-8-15(20)11-13(2)21/h4-5,7,9,12-13,15,21H,3,6,8,10-11H2,1-2H3. The van der Waals surface area contributed by atoms with Crippen molar-refractivity contribution in [3.05, 3.63) is 36.0 Å². The number of para-hydroxylation sites is 1. The van der Waals surface area contributed by atoms with Crippen molar-refractivity contribution < 1.29 is 9.90 Å². The number of aromatic nitrogens is 1. The number of hydrogen-bond acceptors (Lipinski definition) is 2. The van der Waals surface area contributed by atoms with Crippen LogP contribution in [0.1, 0.15) is 43.6 Å². The predicted octanol–water partition coefficient (Wildman–Crippen LogP) is 3.04. The Kier molecular flexibility index (Phi) is 4.21. The molecule has 2 aromatic rings. The molecular weight excluding hydrogens is 276 g/mol. The van der Waals surface area contributed by atoms with Crippen LogP contribution in [-0.4, -0.2) is 39.2 Å². The molecule has 2 atom stereocenters. The van der Waals surface area contributed by atoms with Crippen LogP contribution in [0.5, 0.6) is 0 Å². The van der Waals surface area contributed by atoms with E-state index in [2.05, 4.69) is 23.6 Å². The van der Waals surface area contributed by atoms with Crippen molar-refractivity contribution in [2.75, 3.05) is 6.54 Å². The molecule has 1 fully saturated rings. The van der Waals surface area contributed by atoms with Crippen molar-refractivity contribution in [2.45, 2.75) is 51.8 Å². The minimum Gasteiger partial charge on any atom is -0.393 e. The molecule has 22 heavy (non-hydrogen) atoms. The van der Waals surface area contributed by atoms with Gasteiger partial charge in [0.1, 0.15) is 5.69 Å². The van der Waals surface area contributed by atoms with Gasteiger partial charge in [-0.3, -0.25) is 4.79 Å². The summed E-state index contributed by atoms with van der Waals surface area (Å²) in [5, 5.41) is 10.8. The van der Waals surface area contributed by atoms with E-state index in [1.165, 1.54) is 0 Å². The van der Waals surface area contributed by atoms with Gasteiger partial charge in [0.15, 0.2) is 0 Å². The first-order chi connectivity index (χ1) is 10.6. The van der Waals surface area contributed by atoms with Crippen LogP contribution in [0.3, 0.4) is 0 Å². The molecule has 2 heterocycles. The number of amides is 1. The van der Waals surface area contributed by atoms with Crippen LogP contribution in [-0.2, 0) is 6.54 Å². The number of hydrogen-bond donors (Lipinski definition) is 1. The van der Waals surface area contributed by atoms with Gasteiger partial charge in [0, 0.05) is 30.0 Å². The minimum absolute atomic E-state index is 0.0983. The molecule has 1 aromatic heterocycles. The number of aryl methyl sites for hydroxylation is 1. The van der Waals surface area contributed by atoms with Gasteiger partial charge in [0.2, 0.25) is 0 Å². The van der Waals surface area contributed by atoms with E-state index in [1.807, 2.05) is 23.1 Å². The number of carbonyl (C=O) groups is 1. The summed E-state index contributed by atoms with van der Waals surface area (Å²) in [6, 6.07) is 10.3. The molecule has 118 valence electrons. The average Bonchev–Trinajstić information content (AvgIpc) is 3.09. The molecule has 0 saturated carbocycles. The largest absolute Gasteiger partial charge is 0.393 e. The summed E-state index contributed by atoms with van der Waals surface area (Å²) in [5.41, 5.74) is 1.88. The summed E-state index contributed by atoms with van der Waals surface area (Å²) >= 11 is 0. The molecule has 0 aliphatic carbocycles. The molecule has 1 aliphatic heterocycles. The van der Waals surface area contributed by atoms with Crippen molar-refractivity contribution in [1.82, 2.24) is 9.47 Å². The summed E-state index contributed by atoms with van der Waals surface area (Å²) in [5.74, 6) is 0.0983. The highest BCUT2D eigenvalue weighted by Crippen LogP contribution is 2.26. The number of nitrogens with zero attached hydrogens (tertiary/aromatic N) is 2. The monoisotopic (exact) mass is 300 g/mol. The predicted molar refractivity (Wildman–Crippen MR) is 88.0 cm³/mol. The zero-order valence-corrected chi connectivity index (χ0v) is 13.3. The Hall–Kier alpha value is -1.81. The van der Waals surface area contributed by atoms with Gasteiger partial charge in [-0.2, -0.15) is 0 Å². The Balaban J connectivity index is 1.94. The van der Waals surface area contributed by atoms with Gasteiger partial charge in [0.25, 0.3) is 5.91 Å². The first-order valence-electron chi connectivity index (χ1n) is 8.19. The smallest absolute Gasteiger partial charge is 0.270 e. The number of benzene rings is 1. The molecule has 2 unspecified atom stereocenters. The first-order valence-corrected chi connectivity index (χ1v) is 8.19. The van der Waals surface area contributed by atoms with Crippen molar-refractivity contribution in [1.29, 1.82) is 0 Å². The van der Waals surface area contributed by atoms with Gasteiger partial charge in [-0.15, -0.1) is 0 Å². The van der Waals surface area contributed by atoms with Crippen molar-refractivity contribution in [3.63, 3.8) is 0 Å². The fourth-order valence-corrected chi connectivity index (χ4v) is 3.62. The van der Waals surface area contributed by atoms with E-state index in [-0.39, 0.29) is 18.1 Å². The number of carbonyl (C=O) groups excluding carboxylic acids is 1. The second kappa shape index (κ2) is 6.13. The number of rotatable bonds is 4. The Labute approximate surface area is 131 Å². The van der Waals surface area contributed by atoms with Crippen LogP contribution in [0.4, 0.5) is 0 Å². The Morgan fingerprint density at radius 3 is 2.91 bits per heavy atom. The summed E-state index contributed by atoms with van der Waals surface area (Å²) in [6.07, 6.45) is 2.31. The number of fused-ring (bicyclic) bond motifs is 1. The lowest BCUT2D eigenvalue weighted by Gasteiger charge is -2.26. The second-order valence-corrected chi connectivity index (χ2v) is 6.21. The molecule has 0 bridgehead atoms. The summed E-state index contributed by atoms with van der Waals surface area (Å²) in [7, 11) is 0. The van der Waals surface area contributed by atoms with E-state index >= 15 is 0 Å². The summed E-state index contributed by atoms with van der Waals surface area (Å²) < 4.78 is 2.09. The van der Waals surface area contributed by atoms with Gasteiger partial charge in [-0.25, -0.2) is 0 Å². The lowest BCUT2D eigenvalue weighted by Crippen LogP contribution is -2.38. The molecule has 1 aliphatic rings. The maximum absolute atomic E-state index is 13.0. The third-order valence-corrected chi connectivity index (χ3v) is 4.60. The van der Waals surface area contributed by atoms with Crippen molar-refractivity contribution in [3.8, 4) is 0 Å². The Morgan fingerprint density at radius 1 is 1.41 bits per heavy atom. The van der Waals surface area contributed by atoms with Crippen LogP contribution >= 0.6 is 0 Å². The quantitative estimate of drug-likeness (QED) is 0.943. The molecule has 1 N–H and O–H groups in total. The number of likely N-dealkylation sites (tertiary alicyclic amines) is 1. The average molecular weight is 300 g/mol. The molecule has 3 rings (SSSR count). The molecule has 1 saturated heterocycles. The van der Waals surface area contributed by atoms with Crippen molar-refractivity contribution >= 4 is 16.8 Å². The van der Waals surface area contributed by atoms with Gasteiger partial charge in [0.05, 0.1) is 6.10 Å². The molecule has 1 amide bonds. The fourth-order valence-electron chi connectivity index (χ4n) is 3.62. The lowest BCUT2D eigenvalue weighted by molar-refractivity contribution is 0.0672. The van der Waals surface area contributed by atoms with E-state index in [0.717, 1.165) is 42.5 Å². The molecule has 4 heteroatoms. The molecule has 1 aromatic carbocycles. The zero-order chi connectivity index (χ0) is 15.7. The van der Waals surface area contributed by atoms with E-state index in [1.54, 1.807) is 6.92 Å². The van der Waals surface area contributed by atoms with E-state index in [0.29, 0.717) is 6.42 Å². The summed E-state index contributed by atoms with van der Waals surface area (Å²) in [6.45, 7) is 5.44. The van der Waals surface area contributed by atoms with Gasteiger partial charge in [-0.1, -0.05) is 18.2 Å². The lowest BCUT2D eigenvalue weighted by atomic mass is 10.1. The van der Waals surface area contributed by atoms with Gasteiger partial charge in [-0.05, 0) is 45.2 Å².